The Kier molecular flexibility index (Phi) is 6.28. The summed E-state index contributed by atoms with van der Waals surface area (Å²) in [7, 11) is 0. The topological polar surface area (TPSA) is 50.5 Å². The second-order valence-corrected chi connectivity index (χ2v) is 6.61. The lowest BCUT2D eigenvalue weighted by Gasteiger charge is -1.97. The molecule has 0 aliphatic heterocycles. The van der Waals surface area contributed by atoms with E-state index in [1.807, 2.05) is 72.8 Å². The third-order valence-electron chi connectivity index (χ3n) is 4.42. The van der Waals surface area contributed by atoms with Crippen LogP contribution >= 0.6 is 0 Å². The monoisotopic (exact) mass is 388 g/mol. The van der Waals surface area contributed by atoms with Crippen LogP contribution in [0.25, 0.3) is 24.3 Å². The summed E-state index contributed by atoms with van der Waals surface area (Å²) in [6.07, 6.45) is 15.4. The molecule has 0 amide bonds. The lowest BCUT2D eigenvalue weighted by atomic mass is 10.1. The summed E-state index contributed by atoms with van der Waals surface area (Å²) in [5, 5.41) is 8.65. The van der Waals surface area contributed by atoms with E-state index in [1.165, 1.54) is 0 Å². The molecule has 0 saturated heterocycles. The Morgan fingerprint density at radius 3 is 1.03 bits per heavy atom. The van der Waals surface area contributed by atoms with Gasteiger partial charge in [0, 0.05) is 24.8 Å². The normalized spacial score (nSPS) is 11.6. The number of benzene rings is 2. The molecule has 4 rings (SSSR count). The first kappa shape index (κ1) is 19.2. The highest BCUT2D eigenvalue weighted by molar-refractivity contribution is 5.70. The van der Waals surface area contributed by atoms with Gasteiger partial charge in [-0.3, -0.25) is 9.97 Å². The smallest absolute Gasteiger partial charge is 0.0857 e. The number of aromatic nitrogens is 2. The lowest BCUT2D eigenvalue weighted by Crippen LogP contribution is -1.74. The molecule has 0 aliphatic rings. The highest BCUT2D eigenvalue weighted by Crippen LogP contribution is 2.20. The molecule has 4 aromatic rings. The number of hydrogen-bond donors (Lipinski definition) is 0. The lowest BCUT2D eigenvalue weighted by molar-refractivity contribution is 1.23. The third kappa shape index (κ3) is 5.66. The summed E-state index contributed by atoms with van der Waals surface area (Å²) in [5.74, 6) is 0. The van der Waals surface area contributed by atoms with Gasteiger partial charge in [0.05, 0.1) is 11.4 Å². The van der Waals surface area contributed by atoms with Gasteiger partial charge >= 0.3 is 0 Å². The van der Waals surface area contributed by atoms with Crippen LogP contribution in [0.3, 0.4) is 0 Å². The van der Waals surface area contributed by atoms with E-state index in [4.69, 9.17) is 0 Å². The minimum atomic E-state index is 0.817. The fraction of sp³-hybridized carbons (Fsp3) is 0. The van der Waals surface area contributed by atoms with Crippen molar-refractivity contribution in [1.82, 2.24) is 9.97 Å². The van der Waals surface area contributed by atoms with Crippen molar-refractivity contribution in [2.24, 2.45) is 10.2 Å². The third-order valence-corrected chi connectivity index (χ3v) is 4.42. The van der Waals surface area contributed by atoms with Crippen LogP contribution in [-0.2, 0) is 0 Å². The van der Waals surface area contributed by atoms with Crippen LogP contribution in [-0.4, -0.2) is 9.97 Å². The fourth-order valence-corrected chi connectivity index (χ4v) is 2.75. The number of rotatable bonds is 6. The molecule has 144 valence electrons. The molecule has 0 bridgehead atoms. The van der Waals surface area contributed by atoms with Crippen molar-refractivity contribution in [3.05, 3.63) is 120 Å². The van der Waals surface area contributed by atoms with Gasteiger partial charge in [0.25, 0.3) is 0 Å². The van der Waals surface area contributed by atoms with E-state index in [-0.39, 0.29) is 0 Å². The maximum atomic E-state index is 4.33. The molecule has 2 heterocycles. The van der Waals surface area contributed by atoms with Crippen molar-refractivity contribution >= 4 is 35.7 Å². The Morgan fingerprint density at radius 1 is 0.400 bits per heavy atom. The molecular formula is C26H20N4. The van der Waals surface area contributed by atoms with E-state index in [0.717, 1.165) is 33.6 Å². The molecular weight excluding hydrogens is 368 g/mol. The Bertz CT molecular complexity index is 1050. The highest BCUT2D eigenvalue weighted by atomic mass is 15.1. The minimum Gasteiger partial charge on any atom is -0.265 e. The molecule has 2 aromatic heterocycles. The summed E-state index contributed by atoms with van der Waals surface area (Å²) in [6.45, 7) is 0. The van der Waals surface area contributed by atoms with Gasteiger partial charge in [-0.2, -0.15) is 10.2 Å². The maximum Gasteiger partial charge on any atom is 0.0857 e. The van der Waals surface area contributed by atoms with Crippen LogP contribution in [0, 0.1) is 0 Å². The standard InChI is InChI=1S/C26H20N4/c1(3-23-13-17-27-18-14-23)21-5-9-25(10-6-21)29-30-26-11-7-22(8-12-26)2-4-24-15-19-28-20-16-24/h1-20H/b3-1+,4-2+,30-29?. The van der Waals surface area contributed by atoms with Crippen molar-refractivity contribution in [3.63, 3.8) is 0 Å². The van der Waals surface area contributed by atoms with Crippen LogP contribution in [0.5, 0.6) is 0 Å². The van der Waals surface area contributed by atoms with E-state index in [2.05, 4.69) is 44.5 Å². The predicted octanol–water partition coefficient (Wildman–Crippen LogP) is 7.23. The first-order chi connectivity index (χ1) is 14.8. The average Bonchev–Trinajstić information content (AvgIpc) is 2.83. The van der Waals surface area contributed by atoms with Gasteiger partial charge in [-0.15, -0.1) is 0 Å². The van der Waals surface area contributed by atoms with Gasteiger partial charge in [-0.05, 0) is 70.8 Å². The van der Waals surface area contributed by atoms with Crippen LogP contribution in [0.4, 0.5) is 11.4 Å². The van der Waals surface area contributed by atoms with Gasteiger partial charge in [0.2, 0.25) is 0 Å². The summed E-state index contributed by atoms with van der Waals surface area (Å²) < 4.78 is 0. The van der Waals surface area contributed by atoms with Gasteiger partial charge < -0.3 is 0 Å². The SMILES string of the molecule is C(=C\c1ccc(N=Nc2ccc(/C=C/c3ccncc3)cc2)cc1)/c1ccncc1. The molecule has 4 nitrogen and oxygen atoms in total. The fourth-order valence-electron chi connectivity index (χ4n) is 2.75. The molecule has 0 saturated carbocycles. The molecule has 4 heteroatoms. The van der Waals surface area contributed by atoms with Gasteiger partial charge in [-0.1, -0.05) is 48.6 Å². The zero-order valence-corrected chi connectivity index (χ0v) is 16.3. The Morgan fingerprint density at radius 2 is 0.700 bits per heavy atom. The average molecular weight is 388 g/mol. The van der Waals surface area contributed by atoms with Gasteiger partial charge in [0.15, 0.2) is 0 Å². The van der Waals surface area contributed by atoms with E-state index in [1.54, 1.807) is 24.8 Å². The quantitative estimate of drug-likeness (QED) is 0.327. The van der Waals surface area contributed by atoms with Crippen LogP contribution in [0.2, 0.25) is 0 Å². The van der Waals surface area contributed by atoms with Crippen LogP contribution in [0.1, 0.15) is 22.3 Å². The second kappa shape index (κ2) is 9.85. The number of nitrogens with zero attached hydrogens (tertiary/aromatic N) is 4. The van der Waals surface area contributed by atoms with E-state index in [0.29, 0.717) is 0 Å². The van der Waals surface area contributed by atoms with Crippen molar-refractivity contribution < 1.29 is 0 Å². The maximum absolute atomic E-state index is 4.33. The number of pyridine rings is 2. The van der Waals surface area contributed by atoms with Crippen LogP contribution < -0.4 is 0 Å². The number of azo groups is 1. The molecule has 0 N–H and O–H groups in total. The van der Waals surface area contributed by atoms with Crippen molar-refractivity contribution in [3.8, 4) is 0 Å². The van der Waals surface area contributed by atoms with Crippen molar-refractivity contribution in [2.45, 2.75) is 0 Å². The zero-order chi connectivity index (χ0) is 20.4. The minimum absolute atomic E-state index is 0.817. The largest absolute Gasteiger partial charge is 0.265 e. The molecule has 0 unspecified atom stereocenters. The summed E-state index contributed by atoms with van der Waals surface area (Å²) >= 11 is 0. The van der Waals surface area contributed by atoms with E-state index >= 15 is 0 Å². The molecule has 30 heavy (non-hydrogen) atoms. The molecule has 0 atom stereocenters. The first-order valence-corrected chi connectivity index (χ1v) is 9.63. The summed E-state index contributed by atoms with van der Waals surface area (Å²) in [4.78, 5) is 8.04. The predicted molar refractivity (Wildman–Crippen MR) is 123 cm³/mol. The van der Waals surface area contributed by atoms with Gasteiger partial charge in [-0.25, -0.2) is 0 Å². The first-order valence-electron chi connectivity index (χ1n) is 9.63. The summed E-state index contributed by atoms with van der Waals surface area (Å²) in [5.41, 5.74) is 6.09. The van der Waals surface area contributed by atoms with E-state index < -0.39 is 0 Å². The molecule has 0 fully saturated rings. The van der Waals surface area contributed by atoms with Crippen molar-refractivity contribution in [1.29, 1.82) is 0 Å². The van der Waals surface area contributed by atoms with Gasteiger partial charge in [0.1, 0.15) is 0 Å². The molecule has 0 spiro atoms. The Hall–Kier alpha value is -4.18. The van der Waals surface area contributed by atoms with Crippen molar-refractivity contribution in [2.75, 3.05) is 0 Å². The molecule has 0 radical (unpaired) electrons. The molecule has 0 aliphatic carbocycles. The second-order valence-electron chi connectivity index (χ2n) is 6.61. The van der Waals surface area contributed by atoms with E-state index in [9.17, 15) is 0 Å². The summed E-state index contributed by atoms with van der Waals surface area (Å²) in [6, 6.07) is 23.8. The highest BCUT2D eigenvalue weighted by Gasteiger charge is 1.94. The molecule has 2 aromatic carbocycles. The number of hydrogen-bond acceptors (Lipinski definition) is 4. The van der Waals surface area contributed by atoms with Crippen LogP contribution in [0.15, 0.2) is 108 Å². The Labute approximate surface area is 176 Å². The zero-order valence-electron chi connectivity index (χ0n) is 16.3. The Balaban J connectivity index is 1.36.